The molecule has 2 N–H and O–H groups in total. The molecule has 12 heteroatoms. The molecule has 2 atom stereocenters. The van der Waals surface area contributed by atoms with Crippen molar-refractivity contribution in [2.45, 2.75) is 41.7 Å². The van der Waals surface area contributed by atoms with Gasteiger partial charge >= 0.3 is 0 Å². The number of hydrogen-bond acceptors (Lipinski definition) is 9. The van der Waals surface area contributed by atoms with Gasteiger partial charge in [-0.15, -0.1) is 0 Å². The van der Waals surface area contributed by atoms with Crippen LogP contribution in [0.2, 0.25) is 5.02 Å². The second-order valence-corrected chi connectivity index (χ2v) is 10.2. The molecule has 0 aromatic carbocycles. The first-order chi connectivity index (χ1) is 16.3. The smallest absolute Gasteiger partial charge is 0.299 e. The Bertz CT molecular complexity index is 1300. The van der Waals surface area contributed by atoms with Crippen molar-refractivity contribution in [1.29, 1.82) is 0 Å². The third-order valence-electron chi connectivity index (χ3n) is 6.93. The molecule has 2 fully saturated rings. The number of carbonyl (C=O) groups is 1. The first-order valence-electron chi connectivity index (χ1n) is 11.0. The van der Waals surface area contributed by atoms with E-state index in [9.17, 15) is 9.59 Å². The highest BCUT2D eigenvalue weighted by atomic mass is 35.5. The fraction of sp³-hybridized carbons (Fsp3) is 0.455. The summed E-state index contributed by atoms with van der Waals surface area (Å²) in [6, 6.07) is 3.51. The van der Waals surface area contributed by atoms with Gasteiger partial charge in [-0.25, -0.2) is 4.52 Å². The van der Waals surface area contributed by atoms with Crippen molar-refractivity contribution in [3.05, 3.63) is 39.9 Å². The molecule has 1 spiro atoms. The Kier molecular flexibility index (Phi) is 6.05. The summed E-state index contributed by atoms with van der Waals surface area (Å²) in [4.78, 5) is 32.0. The number of pyridine rings is 1. The van der Waals surface area contributed by atoms with Gasteiger partial charge in [-0.3, -0.25) is 14.2 Å². The lowest BCUT2D eigenvalue weighted by atomic mass is 9.73. The van der Waals surface area contributed by atoms with E-state index >= 15 is 0 Å². The number of anilines is 1. The predicted octanol–water partition coefficient (Wildman–Crippen LogP) is 2.10. The molecule has 2 saturated heterocycles. The molecule has 5 rings (SSSR count). The van der Waals surface area contributed by atoms with E-state index < -0.39 is 0 Å². The molecule has 0 saturated carbocycles. The Balaban J connectivity index is 1.46. The van der Waals surface area contributed by atoms with E-state index in [2.05, 4.69) is 10.1 Å². The number of aromatic nitrogens is 4. The minimum absolute atomic E-state index is 0.0166. The first kappa shape index (κ1) is 23.2. The lowest BCUT2D eigenvalue weighted by Gasteiger charge is -2.41. The van der Waals surface area contributed by atoms with Gasteiger partial charge in [-0.1, -0.05) is 23.4 Å². The number of piperidine rings is 1. The number of fused-ring (bicyclic) bond motifs is 1. The molecular weight excluding hydrogens is 480 g/mol. The van der Waals surface area contributed by atoms with Gasteiger partial charge < -0.3 is 20.1 Å². The monoisotopic (exact) mass is 504 g/mol. The van der Waals surface area contributed by atoms with Crippen molar-refractivity contribution in [3.8, 4) is 5.88 Å². The van der Waals surface area contributed by atoms with Gasteiger partial charge in [0.1, 0.15) is 4.90 Å². The Morgan fingerprint density at radius 2 is 2.12 bits per heavy atom. The summed E-state index contributed by atoms with van der Waals surface area (Å²) in [5.41, 5.74) is 6.75. The van der Waals surface area contributed by atoms with E-state index in [1.807, 2.05) is 11.8 Å². The van der Waals surface area contributed by atoms with Crippen molar-refractivity contribution in [2.24, 2.45) is 18.2 Å². The van der Waals surface area contributed by atoms with E-state index in [1.54, 1.807) is 36.1 Å². The molecule has 34 heavy (non-hydrogen) atoms. The van der Waals surface area contributed by atoms with Gasteiger partial charge in [0.25, 0.3) is 12.0 Å². The molecule has 180 valence electrons. The van der Waals surface area contributed by atoms with Gasteiger partial charge in [0.15, 0.2) is 0 Å². The summed E-state index contributed by atoms with van der Waals surface area (Å²) < 4.78 is 14.1. The Labute approximate surface area is 205 Å². The van der Waals surface area contributed by atoms with E-state index in [0.717, 1.165) is 24.6 Å². The summed E-state index contributed by atoms with van der Waals surface area (Å²) in [6.45, 7) is 4.26. The zero-order valence-electron chi connectivity index (χ0n) is 18.8. The summed E-state index contributed by atoms with van der Waals surface area (Å²) >= 11 is 7.65. The molecule has 0 amide bonds. The van der Waals surface area contributed by atoms with Gasteiger partial charge in [-0.2, -0.15) is 10.1 Å². The maximum atomic E-state index is 13.4. The minimum Gasteiger partial charge on any atom is -0.408 e. The van der Waals surface area contributed by atoms with Crippen LogP contribution in [0.25, 0.3) is 5.52 Å². The number of rotatable bonds is 5. The van der Waals surface area contributed by atoms with Crippen molar-refractivity contribution in [1.82, 2.24) is 19.2 Å². The molecular formula is C22H25ClN6O4S. The third kappa shape index (κ3) is 3.76. The second kappa shape index (κ2) is 8.88. The average molecular weight is 505 g/mol. The highest BCUT2D eigenvalue weighted by Crippen LogP contribution is 2.42. The molecule has 5 heterocycles. The number of nitrogens with zero attached hydrogens (tertiary/aromatic N) is 5. The molecule has 3 aromatic rings. The number of halogens is 1. The van der Waals surface area contributed by atoms with Gasteiger partial charge in [0.2, 0.25) is 11.8 Å². The average Bonchev–Trinajstić information content (AvgIpc) is 3.42. The molecule has 0 radical (unpaired) electrons. The molecule has 3 aromatic heterocycles. The SMILES string of the molecule is C[C@@H]1OCC2(CCN(c3nc(OC=O)c(Sc4ccn5nccc5c4Cl)c(=O)n3C)CC2)[C@@H]1N. The Morgan fingerprint density at radius 3 is 2.79 bits per heavy atom. The normalized spacial score (nSPS) is 21.9. The van der Waals surface area contributed by atoms with Crippen LogP contribution in [0.3, 0.4) is 0 Å². The lowest BCUT2D eigenvalue weighted by molar-refractivity contribution is -0.121. The van der Waals surface area contributed by atoms with Crippen LogP contribution in [0, 0.1) is 5.41 Å². The van der Waals surface area contributed by atoms with E-state index in [4.69, 9.17) is 26.8 Å². The molecule has 0 unspecified atom stereocenters. The standard InChI is InChI=1S/C22H25ClN6O4S/c1-13-18(24)22(11-32-13)5-9-28(10-6-22)21-26-19(33-12-30)17(20(31)27(21)2)34-15-4-8-29-14(16(15)23)3-7-25-29/h3-4,7-8,12-13,18H,5-6,9-11,24H2,1-2H3/t13-,18+/m0/s1. The van der Waals surface area contributed by atoms with E-state index in [-0.39, 0.29) is 40.4 Å². The molecule has 10 nitrogen and oxygen atoms in total. The van der Waals surface area contributed by atoms with Crippen LogP contribution < -0.4 is 20.9 Å². The predicted molar refractivity (Wildman–Crippen MR) is 128 cm³/mol. The summed E-state index contributed by atoms with van der Waals surface area (Å²) in [5, 5.41) is 4.60. The van der Waals surface area contributed by atoms with Crippen LogP contribution in [0.1, 0.15) is 19.8 Å². The molecule has 2 aliphatic rings. The summed E-state index contributed by atoms with van der Waals surface area (Å²) in [7, 11) is 1.66. The van der Waals surface area contributed by atoms with Crippen LogP contribution in [-0.4, -0.2) is 57.5 Å². The zero-order chi connectivity index (χ0) is 24.0. The van der Waals surface area contributed by atoms with E-state index in [1.165, 1.54) is 4.57 Å². The van der Waals surface area contributed by atoms with Gasteiger partial charge in [0, 0.05) is 42.7 Å². The Morgan fingerprint density at radius 1 is 1.35 bits per heavy atom. The second-order valence-electron chi connectivity index (χ2n) is 8.77. The van der Waals surface area contributed by atoms with Crippen molar-refractivity contribution in [2.75, 3.05) is 24.6 Å². The van der Waals surface area contributed by atoms with Gasteiger partial charge in [0.05, 0.1) is 29.4 Å². The third-order valence-corrected chi connectivity index (χ3v) is 8.56. The molecule has 0 aliphatic carbocycles. The number of carbonyl (C=O) groups excluding carboxylic acids is 1. The highest BCUT2D eigenvalue weighted by Gasteiger charge is 2.47. The maximum absolute atomic E-state index is 13.4. The van der Waals surface area contributed by atoms with Crippen molar-refractivity contribution < 1.29 is 14.3 Å². The summed E-state index contributed by atoms with van der Waals surface area (Å²) in [6.07, 6.45) is 5.08. The fourth-order valence-electron chi connectivity index (χ4n) is 4.81. The van der Waals surface area contributed by atoms with Crippen LogP contribution in [0.5, 0.6) is 5.88 Å². The lowest BCUT2D eigenvalue weighted by Crippen LogP contribution is -2.51. The number of hydrogen-bond donors (Lipinski definition) is 1. The van der Waals surface area contributed by atoms with Crippen LogP contribution in [-0.2, 0) is 16.6 Å². The minimum atomic E-state index is -0.328. The summed E-state index contributed by atoms with van der Waals surface area (Å²) in [5.74, 6) is 0.399. The van der Waals surface area contributed by atoms with Gasteiger partial charge in [-0.05, 0) is 31.9 Å². The van der Waals surface area contributed by atoms with Crippen molar-refractivity contribution in [3.63, 3.8) is 0 Å². The van der Waals surface area contributed by atoms with Crippen LogP contribution >= 0.6 is 23.4 Å². The number of nitrogens with two attached hydrogens (primary N) is 1. The van der Waals surface area contributed by atoms with Crippen LogP contribution in [0.4, 0.5) is 5.95 Å². The zero-order valence-corrected chi connectivity index (χ0v) is 20.4. The quantitative estimate of drug-likeness (QED) is 0.521. The fourth-order valence-corrected chi connectivity index (χ4v) is 6.08. The topological polar surface area (TPSA) is 117 Å². The Hall–Kier alpha value is -2.60. The van der Waals surface area contributed by atoms with Crippen LogP contribution in [0.15, 0.2) is 39.1 Å². The maximum Gasteiger partial charge on any atom is 0.299 e. The molecule has 2 aliphatic heterocycles. The first-order valence-corrected chi connectivity index (χ1v) is 12.2. The highest BCUT2D eigenvalue weighted by molar-refractivity contribution is 7.99. The van der Waals surface area contributed by atoms with E-state index in [0.29, 0.717) is 41.1 Å². The largest absolute Gasteiger partial charge is 0.408 e. The van der Waals surface area contributed by atoms with Crippen molar-refractivity contribution >= 4 is 41.3 Å². The number of ether oxygens (including phenoxy) is 2. The molecule has 0 bridgehead atoms.